The number of carbonyl (C=O) groups is 1. The van der Waals surface area contributed by atoms with E-state index in [9.17, 15) is 4.79 Å². The van der Waals surface area contributed by atoms with E-state index in [1.54, 1.807) is 0 Å². The lowest BCUT2D eigenvalue weighted by molar-refractivity contribution is -0.115. The van der Waals surface area contributed by atoms with E-state index >= 15 is 0 Å². The van der Waals surface area contributed by atoms with Gasteiger partial charge in [0.15, 0.2) is 10.3 Å². The molecule has 5 nitrogen and oxygen atoms in total. The van der Waals surface area contributed by atoms with E-state index in [-0.39, 0.29) is 12.3 Å². The van der Waals surface area contributed by atoms with Crippen LogP contribution in [0.1, 0.15) is 11.4 Å². The average Bonchev–Trinajstić information content (AvgIpc) is 3.08. The molecule has 2 N–H and O–H groups in total. The van der Waals surface area contributed by atoms with Gasteiger partial charge >= 0.3 is 0 Å². The quantitative estimate of drug-likeness (QED) is 0.700. The zero-order chi connectivity index (χ0) is 16.2. The van der Waals surface area contributed by atoms with Gasteiger partial charge in [-0.2, -0.15) is 0 Å². The zero-order valence-corrected chi connectivity index (χ0v) is 14.6. The van der Waals surface area contributed by atoms with Crippen molar-refractivity contribution in [3.05, 3.63) is 51.4 Å². The largest absolute Gasteiger partial charge is 0.331 e. The highest BCUT2D eigenvalue weighted by Crippen LogP contribution is 2.23. The fourth-order valence-electron chi connectivity index (χ4n) is 1.87. The first-order chi connectivity index (χ1) is 11.1. The van der Waals surface area contributed by atoms with E-state index in [4.69, 9.17) is 11.6 Å². The molecule has 118 valence electrons. The Morgan fingerprint density at radius 2 is 2.04 bits per heavy atom. The van der Waals surface area contributed by atoms with E-state index in [1.807, 2.05) is 41.9 Å². The SMILES string of the molecule is Cc1csc(NC(=O)Cc2csc(Nc3cccc(Cl)c3)n2)n1. The van der Waals surface area contributed by atoms with Gasteiger partial charge in [0.2, 0.25) is 5.91 Å². The summed E-state index contributed by atoms with van der Waals surface area (Å²) in [6.07, 6.45) is 0.215. The van der Waals surface area contributed by atoms with Crippen LogP contribution in [0.15, 0.2) is 35.0 Å². The summed E-state index contributed by atoms with van der Waals surface area (Å²) in [6, 6.07) is 7.40. The van der Waals surface area contributed by atoms with Crippen LogP contribution in [-0.4, -0.2) is 15.9 Å². The Kier molecular flexibility index (Phi) is 4.90. The smallest absolute Gasteiger partial charge is 0.232 e. The maximum atomic E-state index is 12.0. The van der Waals surface area contributed by atoms with Crippen molar-refractivity contribution in [3.8, 4) is 0 Å². The van der Waals surface area contributed by atoms with Gasteiger partial charge in [-0.3, -0.25) is 4.79 Å². The number of hydrogen-bond acceptors (Lipinski definition) is 6. The molecule has 0 saturated heterocycles. The summed E-state index contributed by atoms with van der Waals surface area (Å²) in [4.78, 5) is 20.6. The molecular weight excluding hydrogens is 352 g/mol. The lowest BCUT2D eigenvalue weighted by atomic mass is 10.3. The molecule has 0 unspecified atom stereocenters. The Labute approximate surface area is 146 Å². The van der Waals surface area contributed by atoms with E-state index in [0.717, 1.165) is 16.5 Å². The van der Waals surface area contributed by atoms with Crippen molar-refractivity contribution in [2.24, 2.45) is 0 Å². The Balaban J connectivity index is 1.59. The summed E-state index contributed by atoms with van der Waals surface area (Å²) in [6.45, 7) is 1.89. The molecule has 2 heterocycles. The predicted octanol–water partition coefficient (Wildman–Crippen LogP) is 4.49. The number of hydrogen-bond donors (Lipinski definition) is 2. The summed E-state index contributed by atoms with van der Waals surface area (Å²) >= 11 is 8.80. The lowest BCUT2D eigenvalue weighted by Gasteiger charge is -2.02. The van der Waals surface area contributed by atoms with Gasteiger partial charge in [-0.1, -0.05) is 17.7 Å². The van der Waals surface area contributed by atoms with Crippen molar-refractivity contribution in [3.63, 3.8) is 0 Å². The van der Waals surface area contributed by atoms with Crippen LogP contribution < -0.4 is 10.6 Å². The third-order valence-electron chi connectivity index (χ3n) is 2.83. The van der Waals surface area contributed by atoms with E-state index in [2.05, 4.69) is 20.6 Å². The molecule has 0 fully saturated rings. The van der Waals surface area contributed by atoms with E-state index < -0.39 is 0 Å². The molecule has 8 heteroatoms. The van der Waals surface area contributed by atoms with Crippen LogP contribution in [0.25, 0.3) is 0 Å². The lowest BCUT2D eigenvalue weighted by Crippen LogP contribution is -2.14. The predicted molar refractivity (Wildman–Crippen MR) is 96.0 cm³/mol. The van der Waals surface area contributed by atoms with Gasteiger partial charge in [0.05, 0.1) is 17.8 Å². The highest BCUT2D eigenvalue weighted by Gasteiger charge is 2.10. The Morgan fingerprint density at radius 1 is 1.22 bits per heavy atom. The molecule has 23 heavy (non-hydrogen) atoms. The Hall–Kier alpha value is -1.96. The molecule has 0 radical (unpaired) electrons. The first-order valence-electron chi connectivity index (χ1n) is 6.77. The summed E-state index contributed by atoms with van der Waals surface area (Å²) in [5, 5.41) is 11.7. The second-order valence-electron chi connectivity index (χ2n) is 4.80. The number of aromatic nitrogens is 2. The summed E-state index contributed by atoms with van der Waals surface area (Å²) in [7, 11) is 0. The summed E-state index contributed by atoms with van der Waals surface area (Å²) in [5.74, 6) is -0.126. The van der Waals surface area contributed by atoms with Crippen LogP contribution in [0.2, 0.25) is 5.02 Å². The second-order valence-corrected chi connectivity index (χ2v) is 6.95. The van der Waals surface area contributed by atoms with E-state index in [1.165, 1.54) is 22.7 Å². The molecule has 3 rings (SSSR count). The highest BCUT2D eigenvalue weighted by atomic mass is 35.5. The van der Waals surface area contributed by atoms with Gasteiger partial charge in [-0.15, -0.1) is 22.7 Å². The van der Waals surface area contributed by atoms with Crippen LogP contribution in [0.3, 0.4) is 0 Å². The van der Waals surface area contributed by atoms with Gasteiger partial charge in [-0.05, 0) is 25.1 Å². The fraction of sp³-hybridized carbons (Fsp3) is 0.133. The molecule has 1 aromatic carbocycles. The molecule has 3 aromatic rings. The molecule has 2 aromatic heterocycles. The van der Waals surface area contributed by atoms with Crippen molar-refractivity contribution in [2.45, 2.75) is 13.3 Å². The minimum atomic E-state index is -0.126. The standard InChI is InChI=1S/C15H13ClN4OS2/c1-9-7-22-14(17-9)20-13(21)6-12-8-23-15(19-12)18-11-4-2-3-10(16)5-11/h2-5,7-8H,6H2,1H3,(H,18,19)(H,17,20,21). The monoisotopic (exact) mass is 364 g/mol. The van der Waals surface area contributed by atoms with Crippen LogP contribution in [0.4, 0.5) is 16.0 Å². The van der Waals surface area contributed by atoms with Gasteiger partial charge in [0.1, 0.15) is 0 Å². The van der Waals surface area contributed by atoms with Gasteiger partial charge in [0.25, 0.3) is 0 Å². The number of thiazole rings is 2. The molecule has 0 aliphatic rings. The summed E-state index contributed by atoms with van der Waals surface area (Å²) < 4.78 is 0. The maximum absolute atomic E-state index is 12.0. The topological polar surface area (TPSA) is 66.9 Å². The molecule has 1 amide bonds. The highest BCUT2D eigenvalue weighted by molar-refractivity contribution is 7.14. The average molecular weight is 365 g/mol. The zero-order valence-electron chi connectivity index (χ0n) is 12.2. The van der Waals surface area contributed by atoms with Crippen molar-refractivity contribution in [1.29, 1.82) is 0 Å². The Bertz CT molecular complexity index is 830. The maximum Gasteiger partial charge on any atom is 0.232 e. The van der Waals surface area contributed by atoms with Gasteiger partial charge < -0.3 is 10.6 Å². The molecule has 0 aliphatic carbocycles. The number of rotatable bonds is 5. The number of nitrogens with one attached hydrogen (secondary N) is 2. The minimum Gasteiger partial charge on any atom is -0.331 e. The number of anilines is 3. The number of halogens is 1. The first kappa shape index (κ1) is 15.9. The molecule has 0 aliphatic heterocycles. The molecule has 0 saturated carbocycles. The van der Waals surface area contributed by atoms with Crippen LogP contribution in [0, 0.1) is 6.92 Å². The molecule has 0 spiro atoms. The van der Waals surface area contributed by atoms with Crippen LogP contribution >= 0.6 is 34.3 Å². The van der Waals surface area contributed by atoms with E-state index in [0.29, 0.717) is 15.8 Å². The van der Waals surface area contributed by atoms with Crippen molar-refractivity contribution < 1.29 is 4.79 Å². The normalized spacial score (nSPS) is 10.5. The number of aryl methyl sites for hydroxylation is 1. The Morgan fingerprint density at radius 3 is 2.78 bits per heavy atom. The third-order valence-corrected chi connectivity index (χ3v) is 4.75. The third kappa shape index (κ3) is 4.51. The van der Waals surface area contributed by atoms with Crippen molar-refractivity contribution in [2.75, 3.05) is 10.6 Å². The van der Waals surface area contributed by atoms with Gasteiger partial charge in [-0.25, -0.2) is 9.97 Å². The number of nitrogens with zero attached hydrogens (tertiary/aromatic N) is 2. The summed E-state index contributed by atoms with van der Waals surface area (Å²) in [5.41, 5.74) is 2.47. The van der Waals surface area contributed by atoms with Crippen LogP contribution in [0.5, 0.6) is 0 Å². The van der Waals surface area contributed by atoms with Crippen LogP contribution in [-0.2, 0) is 11.2 Å². The number of carbonyl (C=O) groups excluding carboxylic acids is 1. The number of benzene rings is 1. The molecule has 0 bridgehead atoms. The second kappa shape index (κ2) is 7.08. The fourth-order valence-corrected chi connectivity index (χ4v) is 3.50. The van der Waals surface area contributed by atoms with Crippen molar-refractivity contribution in [1.82, 2.24) is 9.97 Å². The first-order valence-corrected chi connectivity index (χ1v) is 8.91. The van der Waals surface area contributed by atoms with Crippen molar-refractivity contribution >= 4 is 56.1 Å². The number of amides is 1. The van der Waals surface area contributed by atoms with Gasteiger partial charge in [0, 0.05) is 21.5 Å². The molecule has 0 atom stereocenters. The molecular formula is C15H13ClN4OS2. The minimum absolute atomic E-state index is 0.126.